The van der Waals surface area contributed by atoms with Gasteiger partial charge in [-0.15, -0.1) is 0 Å². The van der Waals surface area contributed by atoms with E-state index in [1.165, 1.54) is 18.4 Å². The highest BCUT2D eigenvalue weighted by Gasteiger charge is 2.33. The van der Waals surface area contributed by atoms with Crippen LogP contribution in [-0.4, -0.2) is 30.9 Å². The number of para-hydroxylation sites is 1. The molecule has 0 bridgehead atoms. The normalized spacial score (nSPS) is 15.5. The summed E-state index contributed by atoms with van der Waals surface area (Å²) in [4.78, 5) is 31.5. The van der Waals surface area contributed by atoms with Gasteiger partial charge in [-0.2, -0.15) is 0 Å². The lowest BCUT2D eigenvalue weighted by Crippen LogP contribution is -2.39. The molecule has 1 aliphatic heterocycles. The van der Waals surface area contributed by atoms with Crippen LogP contribution >= 0.6 is 11.3 Å². The molecule has 0 amide bonds. The third-order valence-electron chi connectivity index (χ3n) is 5.44. The highest BCUT2D eigenvalue weighted by atomic mass is 32.1. The zero-order valence-electron chi connectivity index (χ0n) is 19.5. The molecular formula is C26H26N2O5S. The number of ether oxygens (including phenoxy) is 3. The number of fused-ring (bicyclic) bond motifs is 1. The SMILES string of the molecule is CCOc1ccc(C2C(C(=O)OC)=C(C)N=c3s/c(=C\c4ccccc4OCC)c(=O)n32)cc1. The van der Waals surface area contributed by atoms with Crippen LogP contribution in [0.2, 0.25) is 0 Å². The van der Waals surface area contributed by atoms with Crippen molar-refractivity contribution in [1.82, 2.24) is 4.57 Å². The Morgan fingerprint density at radius 1 is 1.09 bits per heavy atom. The van der Waals surface area contributed by atoms with E-state index in [0.29, 0.717) is 45.3 Å². The first kappa shape index (κ1) is 23.5. The van der Waals surface area contributed by atoms with Crippen molar-refractivity contribution in [1.29, 1.82) is 0 Å². The molecule has 1 unspecified atom stereocenters. The number of carbonyl (C=O) groups is 1. The van der Waals surface area contributed by atoms with Crippen LogP contribution in [0.4, 0.5) is 0 Å². The molecule has 2 aromatic carbocycles. The topological polar surface area (TPSA) is 79.1 Å². The Kier molecular flexibility index (Phi) is 6.98. The Morgan fingerprint density at radius 3 is 2.47 bits per heavy atom. The minimum absolute atomic E-state index is 0.233. The molecule has 0 spiro atoms. The molecule has 176 valence electrons. The van der Waals surface area contributed by atoms with Gasteiger partial charge in [0.2, 0.25) is 0 Å². The quantitative estimate of drug-likeness (QED) is 0.488. The van der Waals surface area contributed by atoms with E-state index in [1.807, 2.05) is 62.4 Å². The fourth-order valence-electron chi connectivity index (χ4n) is 3.95. The second-order valence-electron chi connectivity index (χ2n) is 7.55. The van der Waals surface area contributed by atoms with Gasteiger partial charge in [0.15, 0.2) is 4.80 Å². The second-order valence-corrected chi connectivity index (χ2v) is 8.56. The molecule has 2 heterocycles. The van der Waals surface area contributed by atoms with Crippen LogP contribution < -0.4 is 24.4 Å². The average molecular weight is 479 g/mol. The van der Waals surface area contributed by atoms with Crippen molar-refractivity contribution < 1.29 is 19.0 Å². The summed E-state index contributed by atoms with van der Waals surface area (Å²) in [5, 5.41) is 0. The van der Waals surface area contributed by atoms with Crippen molar-refractivity contribution in [2.75, 3.05) is 20.3 Å². The number of carbonyl (C=O) groups excluding carboxylic acids is 1. The molecule has 0 N–H and O–H groups in total. The third-order valence-corrected chi connectivity index (χ3v) is 6.42. The number of allylic oxidation sites excluding steroid dienone is 1. The van der Waals surface area contributed by atoms with Gasteiger partial charge in [0.1, 0.15) is 11.5 Å². The first-order valence-electron chi connectivity index (χ1n) is 11.0. The van der Waals surface area contributed by atoms with E-state index in [4.69, 9.17) is 14.2 Å². The summed E-state index contributed by atoms with van der Waals surface area (Å²) in [6.07, 6.45) is 1.81. The van der Waals surface area contributed by atoms with Gasteiger partial charge in [-0.1, -0.05) is 41.7 Å². The van der Waals surface area contributed by atoms with Crippen molar-refractivity contribution in [3.63, 3.8) is 0 Å². The van der Waals surface area contributed by atoms with Crippen molar-refractivity contribution in [2.45, 2.75) is 26.8 Å². The molecule has 34 heavy (non-hydrogen) atoms. The van der Waals surface area contributed by atoms with Gasteiger partial charge in [-0.3, -0.25) is 9.36 Å². The fraction of sp³-hybridized carbons (Fsp3) is 0.269. The Hall–Kier alpha value is -3.65. The highest BCUT2D eigenvalue weighted by Crippen LogP contribution is 2.31. The predicted molar refractivity (Wildman–Crippen MR) is 131 cm³/mol. The number of rotatable bonds is 7. The van der Waals surface area contributed by atoms with Crippen LogP contribution in [0.3, 0.4) is 0 Å². The van der Waals surface area contributed by atoms with E-state index < -0.39 is 12.0 Å². The van der Waals surface area contributed by atoms with Gasteiger partial charge < -0.3 is 14.2 Å². The number of benzene rings is 2. The smallest absolute Gasteiger partial charge is 0.338 e. The lowest BCUT2D eigenvalue weighted by atomic mass is 9.96. The van der Waals surface area contributed by atoms with E-state index in [2.05, 4.69) is 4.99 Å². The fourth-order valence-corrected chi connectivity index (χ4v) is 4.99. The summed E-state index contributed by atoms with van der Waals surface area (Å²) in [5.41, 5.74) is 2.19. The van der Waals surface area contributed by atoms with Gasteiger partial charge in [0.25, 0.3) is 5.56 Å². The molecular weight excluding hydrogens is 452 g/mol. The molecule has 1 aliphatic rings. The number of nitrogens with zero attached hydrogens (tertiary/aromatic N) is 2. The van der Waals surface area contributed by atoms with Gasteiger partial charge >= 0.3 is 5.97 Å². The Morgan fingerprint density at radius 2 is 1.79 bits per heavy atom. The van der Waals surface area contributed by atoms with E-state index in [0.717, 1.165) is 11.1 Å². The number of hydrogen-bond donors (Lipinski definition) is 0. The number of aromatic nitrogens is 1. The van der Waals surface area contributed by atoms with Crippen LogP contribution in [0.25, 0.3) is 6.08 Å². The summed E-state index contributed by atoms with van der Waals surface area (Å²) in [7, 11) is 1.33. The van der Waals surface area contributed by atoms with Crippen molar-refractivity contribution in [3.8, 4) is 11.5 Å². The van der Waals surface area contributed by atoms with E-state index in [1.54, 1.807) is 17.6 Å². The first-order chi connectivity index (χ1) is 16.5. The number of hydrogen-bond acceptors (Lipinski definition) is 7. The van der Waals surface area contributed by atoms with Gasteiger partial charge in [0, 0.05) is 5.56 Å². The maximum absolute atomic E-state index is 13.6. The number of thiazole rings is 1. The third kappa shape index (κ3) is 4.41. The molecule has 7 nitrogen and oxygen atoms in total. The van der Waals surface area contributed by atoms with E-state index in [-0.39, 0.29) is 5.56 Å². The summed E-state index contributed by atoms with van der Waals surface area (Å²) in [6, 6.07) is 14.3. The molecule has 0 fully saturated rings. The number of esters is 1. The Labute approximate surface area is 201 Å². The second kappa shape index (κ2) is 10.1. The molecule has 0 radical (unpaired) electrons. The summed E-state index contributed by atoms with van der Waals surface area (Å²) in [6.45, 7) is 6.65. The molecule has 0 aliphatic carbocycles. The molecule has 1 atom stereocenters. The summed E-state index contributed by atoms with van der Waals surface area (Å²) in [5.74, 6) is 0.896. The minimum atomic E-state index is -0.663. The van der Waals surface area contributed by atoms with Crippen molar-refractivity contribution >= 4 is 23.4 Å². The van der Waals surface area contributed by atoms with Gasteiger partial charge in [-0.05, 0) is 50.6 Å². The zero-order valence-corrected chi connectivity index (χ0v) is 20.3. The monoisotopic (exact) mass is 478 g/mol. The average Bonchev–Trinajstić information content (AvgIpc) is 3.14. The molecule has 8 heteroatoms. The van der Waals surface area contributed by atoms with Crippen LogP contribution in [-0.2, 0) is 9.53 Å². The minimum Gasteiger partial charge on any atom is -0.494 e. The predicted octanol–water partition coefficient (Wildman–Crippen LogP) is 3.21. The van der Waals surface area contributed by atoms with Crippen LogP contribution in [0.1, 0.15) is 37.9 Å². The largest absolute Gasteiger partial charge is 0.494 e. The van der Waals surface area contributed by atoms with Gasteiger partial charge in [-0.25, -0.2) is 9.79 Å². The van der Waals surface area contributed by atoms with Crippen molar-refractivity contribution in [2.24, 2.45) is 4.99 Å². The maximum Gasteiger partial charge on any atom is 0.338 e. The molecule has 0 saturated carbocycles. The standard InChI is InChI=1S/C26H26N2O5S/c1-5-32-19-13-11-17(12-14-19)23-22(25(30)31-4)16(3)27-26-28(23)24(29)21(34-26)15-18-9-7-8-10-20(18)33-6-2/h7-15,23H,5-6H2,1-4H3/b21-15-. The lowest BCUT2D eigenvalue weighted by Gasteiger charge is -2.24. The molecule has 0 saturated heterocycles. The summed E-state index contributed by atoms with van der Waals surface area (Å²) < 4.78 is 18.4. The van der Waals surface area contributed by atoms with E-state index >= 15 is 0 Å². The van der Waals surface area contributed by atoms with Crippen LogP contribution in [0.5, 0.6) is 11.5 Å². The van der Waals surface area contributed by atoms with Crippen LogP contribution in [0, 0.1) is 0 Å². The van der Waals surface area contributed by atoms with E-state index in [9.17, 15) is 9.59 Å². The number of methoxy groups -OCH3 is 1. The molecule has 1 aromatic heterocycles. The zero-order chi connectivity index (χ0) is 24.2. The van der Waals surface area contributed by atoms with Crippen molar-refractivity contribution in [3.05, 3.63) is 90.6 Å². The summed E-state index contributed by atoms with van der Waals surface area (Å²) >= 11 is 1.28. The maximum atomic E-state index is 13.6. The van der Waals surface area contributed by atoms with Crippen LogP contribution in [0.15, 0.2) is 69.6 Å². The lowest BCUT2D eigenvalue weighted by molar-refractivity contribution is -0.136. The highest BCUT2D eigenvalue weighted by molar-refractivity contribution is 7.07. The Balaban J connectivity index is 1.92. The molecule has 3 aromatic rings. The molecule has 4 rings (SSSR count). The van der Waals surface area contributed by atoms with Gasteiger partial charge in [0.05, 0.1) is 42.2 Å². The first-order valence-corrected chi connectivity index (χ1v) is 11.9. The Bertz CT molecular complexity index is 1420.